The van der Waals surface area contributed by atoms with Crippen molar-refractivity contribution in [3.8, 4) is 0 Å². The number of benzene rings is 1. The number of hydrogen-bond acceptors (Lipinski definition) is 2. The quantitative estimate of drug-likeness (QED) is 0.890. The van der Waals surface area contributed by atoms with Gasteiger partial charge in [-0.3, -0.25) is 4.90 Å². The highest BCUT2D eigenvalue weighted by atomic mass is 35.5. The van der Waals surface area contributed by atoms with Gasteiger partial charge >= 0.3 is 0 Å². The van der Waals surface area contributed by atoms with E-state index in [4.69, 9.17) is 23.2 Å². The summed E-state index contributed by atoms with van der Waals surface area (Å²) in [5, 5.41) is 4.76. The second-order valence-corrected chi connectivity index (χ2v) is 5.51. The van der Waals surface area contributed by atoms with Crippen LogP contribution < -0.4 is 5.32 Å². The molecule has 2 rings (SSSR count). The molecule has 17 heavy (non-hydrogen) atoms. The van der Waals surface area contributed by atoms with Gasteiger partial charge in [0.2, 0.25) is 0 Å². The second kappa shape index (κ2) is 6.05. The van der Waals surface area contributed by atoms with Gasteiger partial charge in [-0.2, -0.15) is 0 Å². The monoisotopic (exact) mass is 272 g/mol. The minimum absolute atomic E-state index is 0.556. The first-order valence-corrected chi connectivity index (χ1v) is 6.80. The lowest BCUT2D eigenvalue weighted by molar-refractivity contribution is 0.265. The van der Waals surface area contributed by atoms with E-state index in [1.54, 1.807) is 0 Å². The van der Waals surface area contributed by atoms with Crippen LogP contribution in [-0.4, -0.2) is 30.6 Å². The molecule has 0 aromatic heterocycles. The molecule has 1 aromatic rings. The van der Waals surface area contributed by atoms with Gasteiger partial charge in [0.25, 0.3) is 0 Å². The van der Waals surface area contributed by atoms with Gasteiger partial charge in [0.1, 0.15) is 0 Å². The van der Waals surface area contributed by atoms with Crippen LogP contribution in [0.1, 0.15) is 18.9 Å². The zero-order valence-electron chi connectivity index (χ0n) is 10.0. The minimum atomic E-state index is 0.556. The molecule has 1 aliphatic rings. The Kier molecular flexibility index (Phi) is 4.69. The molecular formula is C13H18Cl2N2. The zero-order chi connectivity index (χ0) is 12.3. The maximum Gasteiger partial charge on any atom is 0.0595 e. The van der Waals surface area contributed by atoms with Gasteiger partial charge in [-0.1, -0.05) is 29.3 Å². The van der Waals surface area contributed by atoms with Crippen LogP contribution in [0.4, 0.5) is 0 Å². The largest absolute Gasteiger partial charge is 0.313 e. The van der Waals surface area contributed by atoms with Gasteiger partial charge in [-0.05, 0) is 44.1 Å². The molecule has 0 spiro atoms. The molecule has 1 unspecified atom stereocenters. The molecule has 1 heterocycles. The van der Waals surface area contributed by atoms with Gasteiger partial charge in [-0.15, -0.1) is 0 Å². The van der Waals surface area contributed by atoms with Crippen LogP contribution in [0.15, 0.2) is 18.2 Å². The molecule has 2 nitrogen and oxygen atoms in total. The number of rotatable bonds is 2. The zero-order valence-corrected chi connectivity index (χ0v) is 11.6. The molecule has 1 atom stereocenters. The van der Waals surface area contributed by atoms with Gasteiger partial charge in [0, 0.05) is 19.1 Å². The Morgan fingerprint density at radius 3 is 2.94 bits per heavy atom. The summed E-state index contributed by atoms with van der Waals surface area (Å²) in [5.41, 5.74) is 1.23. The van der Waals surface area contributed by atoms with Crippen molar-refractivity contribution in [2.75, 3.05) is 19.6 Å². The smallest absolute Gasteiger partial charge is 0.0595 e. The fourth-order valence-corrected chi connectivity index (χ4v) is 2.55. The molecule has 1 saturated heterocycles. The molecule has 1 aromatic carbocycles. The van der Waals surface area contributed by atoms with E-state index in [1.165, 1.54) is 12.0 Å². The summed E-state index contributed by atoms with van der Waals surface area (Å²) in [7, 11) is 0. The molecule has 4 heteroatoms. The summed E-state index contributed by atoms with van der Waals surface area (Å²) in [6.45, 7) is 6.51. The summed E-state index contributed by atoms with van der Waals surface area (Å²) in [6, 6.07) is 6.45. The van der Waals surface area contributed by atoms with E-state index in [1.807, 2.05) is 12.1 Å². The average Bonchev–Trinajstić information content (AvgIpc) is 2.48. The van der Waals surface area contributed by atoms with Crippen molar-refractivity contribution in [2.24, 2.45) is 0 Å². The Morgan fingerprint density at radius 1 is 1.35 bits per heavy atom. The maximum atomic E-state index is 6.03. The van der Waals surface area contributed by atoms with Crippen LogP contribution in [0.2, 0.25) is 10.0 Å². The summed E-state index contributed by atoms with van der Waals surface area (Å²) in [5.74, 6) is 0. The fourth-order valence-electron chi connectivity index (χ4n) is 2.23. The van der Waals surface area contributed by atoms with E-state index in [-0.39, 0.29) is 0 Å². The molecular weight excluding hydrogens is 255 g/mol. The topological polar surface area (TPSA) is 15.3 Å². The highest BCUT2D eigenvalue weighted by molar-refractivity contribution is 6.42. The third-order valence-electron chi connectivity index (χ3n) is 3.07. The van der Waals surface area contributed by atoms with Crippen molar-refractivity contribution in [3.05, 3.63) is 33.8 Å². The summed E-state index contributed by atoms with van der Waals surface area (Å²) >= 11 is 11.9. The molecule has 1 aliphatic heterocycles. The molecule has 94 valence electrons. The van der Waals surface area contributed by atoms with Crippen LogP contribution >= 0.6 is 23.2 Å². The Bertz CT molecular complexity index is 382. The van der Waals surface area contributed by atoms with Crippen molar-refractivity contribution < 1.29 is 0 Å². The highest BCUT2D eigenvalue weighted by Crippen LogP contribution is 2.23. The van der Waals surface area contributed by atoms with E-state index in [2.05, 4.69) is 23.2 Å². The Morgan fingerprint density at radius 2 is 2.18 bits per heavy atom. The molecule has 0 saturated carbocycles. The number of hydrogen-bond donors (Lipinski definition) is 1. The van der Waals surface area contributed by atoms with Crippen molar-refractivity contribution in [1.82, 2.24) is 10.2 Å². The van der Waals surface area contributed by atoms with Crippen LogP contribution in [-0.2, 0) is 6.54 Å². The number of halogens is 2. The van der Waals surface area contributed by atoms with Gasteiger partial charge < -0.3 is 5.32 Å². The first-order chi connectivity index (χ1) is 8.15. The summed E-state index contributed by atoms with van der Waals surface area (Å²) in [4.78, 5) is 2.46. The van der Waals surface area contributed by atoms with Crippen LogP contribution in [0.25, 0.3) is 0 Å². The van der Waals surface area contributed by atoms with Gasteiger partial charge in [-0.25, -0.2) is 0 Å². The minimum Gasteiger partial charge on any atom is -0.313 e. The lowest BCUT2D eigenvalue weighted by Crippen LogP contribution is -2.34. The first-order valence-electron chi connectivity index (χ1n) is 6.05. The highest BCUT2D eigenvalue weighted by Gasteiger charge is 2.14. The molecule has 0 radical (unpaired) electrons. The SMILES string of the molecule is CC1CN(Cc2ccc(Cl)c(Cl)c2)CCCN1. The molecule has 0 bridgehead atoms. The molecule has 0 amide bonds. The van der Waals surface area contributed by atoms with E-state index in [0.29, 0.717) is 16.1 Å². The third kappa shape index (κ3) is 3.85. The van der Waals surface area contributed by atoms with E-state index >= 15 is 0 Å². The Hall–Kier alpha value is -0.280. The first kappa shape index (κ1) is 13.2. The van der Waals surface area contributed by atoms with Crippen molar-refractivity contribution in [2.45, 2.75) is 25.9 Å². The van der Waals surface area contributed by atoms with Crippen molar-refractivity contribution in [3.63, 3.8) is 0 Å². The van der Waals surface area contributed by atoms with E-state index in [0.717, 1.165) is 26.2 Å². The normalized spacial score (nSPS) is 22.4. The van der Waals surface area contributed by atoms with Gasteiger partial charge in [0.15, 0.2) is 0 Å². The molecule has 1 N–H and O–H groups in total. The predicted octanol–water partition coefficient (Wildman–Crippen LogP) is 3.18. The van der Waals surface area contributed by atoms with Crippen LogP contribution in [0.3, 0.4) is 0 Å². The second-order valence-electron chi connectivity index (χ2n) is 4.69. The third-order valence-corrected chi connectivity index (χ3v) is 3.81. The fraction of sp³-hybridized carbons (Fsp3) is 0.538. The summed E-state index contributed by atoms with van der Waals surface area (Å²) < 4.78 is 0. The average molecular weight is 273 g/mol. The number of nitrogens with one attached hydrogen (secondary N) is 1. The van der Waals surface area contributed by atoms with Crippen LogP contribution in [0, 0.1) is 0 Å². The molecule has 1 fully saturated rings. The molecule has 0 aliphatic carbocycles. The standard InChI is InChI=1S/C13H18Cl2N2/c1-10-8-17(6-2-5-16-10)9-11-3-4-12(14)13(15)7-11/h3-4,7,10,16H,2,5-6,8-9H2,1H3. The lowest BCUT2D eigenvalue weighted by Gasteiger charge is -2.22. The Balaban J connectivity index is 2.01. The van der Waals surface area contributed by atoms with Crippen molar-refractivity contribution >= 4 is 23.2 Å². The van der Waals surface area contributed by atoms with Crippen LogP contribution in [0.5, 0.6) is 0 Å². The van der Waals surface area contributed by atoms with E-state index in [9.17, 15) is 0 Å². The van der Waals surface area contributed by atoms with Crippen molar-refractivity contribution in [1.29, 1.82) is 0 Å². The lowest BCUT2D eigenvalue weighted by atomic mass is 10.2. The predicted molar refractivity (Wildman–Crippen MR) is 73.8 cm³/mol. The summed E-state index contributed by atoms with van der Waals surface area (Å²) in [6.07, 6.45) is 1.20. The maximum absolute atomic E-state index is 6.03. The Labute approximate surface area is 113 Å². The van der Waals surface area contributed by atoms with Gasteiger partial charge in [0.05, 0.1) is 10.0 Å². The number of nitrogens with zero attached hydrogens (tertiary/aromatic N) is 1. The van der Waals surface area contributed by atoms with E-state index < -0.39 is 0 Å².